The van der Waals surface area contributed by atoms with Crippen LogP contribution in [0.1, 0.15) is 40.4 Å². The molecule has 0 spiro atoms. The minimum Gasteiger partial charge on any atom is -0.384 e. The van der Waals surface area contributed by atoms with Gasteiger partial charge in [-0.25, -0.2) is 4.39 Å². The lowest BCUT2D eigenvalue weighted by Gasteiger charge is -2.33. The maximum absolute atomic E-state index is 13.1. The van der Waals surface area contributed by atoms with Crippen molar-refractivity contribution in [3.05, 3.63) is 53.1 Å². The van der Waals surface area contributed by atoms with E-state index in [4.69, 9.17) is 4.74 Å². The number of rotatable bonds is 5. The summed E-state index contributed by atoms with van der Waals surface area (Å²) >= 11 is 0. The summed E-state index contributed by atoms with van der Waals surface area (Å²) in [5.74, 6) is 0.434. The van der Waals surface area contributed by atoms with E-state index in [-0.39, 0.29) is 17.6 Å². The van der Waals surface area contributed by atoms with Crippen LogP contribution in [0.25, 0.3) is 0 Å². The van der Waals surface area contributed by atoms with E-state index in [1.54, 1.807) is 7.11 Å². The molecule has 0 unspecified atom stereocenters. The Kier molecular flexibility index (Phi) is 4.29. The normalized spacial score (nSPS) is 19.8. The third-order valence-electron chi connectivity index (χ3n) is 5.02. The van der Waals surface area contributed by atoms with Crippen LogP contribution >= 0.6 is 0 Å². The lowest BCUT2D eigenvalue weighted by molar-refractivity contribution is 0.0675. The number of carbonyl (C=O) groups is 1. The zero-order valence-corrected chi connectivity index (χ0v) is 14.3. The Balaban J connectivity index is 1.59. The largest absolute Gasteiger partial charge is 0.384 e. The standard InChI is InChI=1S/C19H22FN3O2/c1-25-12-16-11-22(19(24)14-4-6-17(20)7-5-14)10-15-8-21-23(18(15)16)9-13-2-3-13/h4-8,13,16H,2-3,9-12H2,1H3/t16-/m0/s1. The Hall–Kier alpha value is -2.21. The topological polar surface area (TPSA) is 47.4 Å². The molecule has 25 heavy (non-hydrogen) atoms. The van der Waals surface area contributed by atoms with Crippen LogP contribution in [-0.2, 0) is 17.8 Å². The minimum absolute atomic E-state index is 0.0818. The van der Waals surface area contributed by atoms with Gasteiger partial charge in [-0.2, -0.15) is 5.10 Å². The van der Waals surface area contributed by atoms with Crippen molar-refractivity contribution >= 4 is 5.91 Å². The van der Waals surface area contributed by atoms with E-state index < -0.39 is 0 Å². The highest BCUT2D eigenvalue weighted by Crippen LogP contribution is 2.34. The number of aromatic nitrogens is 2. The molecule has 1 aliphatic carbocycles. The van der Waals surface area contributed by atoms with Gasteiger partial charge in [0.15, 0.2) is 0 Å². The van der Waals surface area contributed by atoms with E-state index >= 15 is 0 Å². The summed E-state index contributed by atoms with van der Waals surface area (Å²) in [6.07, 6.45) is 4.43. The van der Waals surface area contributed by atoms with Gasteiger partial charge in [0.25, 0.3) is 5.91 Å². The van der Waals surface area contributed by atoms with Gasteiger partial charge in [0.1, 0.15) is 5.82 Å². The predicted octanol–water partition coefficient (Wildman–Crippen LogP) is 2.82. The summed E-state index contributed by atoms with van der Waals surface area (Å²) in [5.41, 5.74) is 2.80. The Morgan fingerprint density at radius 2 is 2.08 bits per heavy atom. The molecular weight excluding hydrogens is 321 g/mol. The number of carbonyl (C=O) groups excluding carboxylic acids is 1. The van der Waals surface area contributed by atoms with Crippen LogP contribution in [0, 0.1) is 11.7 Å². The highest BCUT2D eigenvalue weighted by molar-refractivity contribution is 5.94. The average Bonchev–Trinajstić information content (AvgIpc) is 3.34. The molecule has 6 heteroatoms. The Labute approximate surface area is 146 Å². The highest BCUT2D eigenvalue weighted by atomic mass is 19.1. The number of benzene rings is 1. The molecule has 1 aromatic heterocycles. The Bertz CT molecular complexity index is 767. The predicted molar refractivity (Wildman–Crippen MR) is 90.7 cm³/mol. The molecule has 0 N–H and O–H groups in total. The third kappa shape index (κ3) is 3.31. The van der Waals surface area contributed by atoms with Crippen molar-refractivity contribution in [2.45, 2.75) is 31.8 Å². The van der Waals surface area contributed by atoms with E-state index in [1.807, 2.05) is 11.1 Å². The first kappa shape index (κ1) is 16.3. The summed E-state index contributed by atoms with van der Waals surface area (Å²) < 4.78 is 20.6. The smallest absolute Gasteiger partial charge is 0.254 e. The molecule has 1 amide bonds. The Morgan fingerprint density at radius 1 is 1.32 bits per heavy atom. The maximum atomic E-state index is 13.1. The van der Waals surface area contributed by atoms with E-state index in [2.05, 4.69) is 9.78 Å². The first-order valence-corrected chi connectivity index (χ1v) is 8.74. The maximum Gasteiger partial charge on any atom is 0.254 e. The van der Waals surface area contributed by atoms with Crippen LogP contribution in [0.5, 0.6) is 0 Å². The summed E-state index contributed by atoms with van der Waals surface area (Å²) in [5, 5.41) is 4.56. The van der Waals surface area contributed by atoms with Gasteiger partial charge in [-0.1, -0.05) is 0 Å². The Morgan fingerprint density at radius 3 is 2.76 bits per heavy atom. The number of halogens is 1. The van der Waals surface area contributed by atoms with Crippen molar-refractivity contribution in [1.29, 1.82) is 0 Å². The molecule has 0 saturated heterocycles. The second-order valence-electron chi connectivity index (χ2n) is 7.03. The fourth-order valence-electron chi connectivity index (χ4n) is 3.60. The number of fused-ring (bicyclic) bond motifs is 1. The van der Waals surface area contributed by atoms with Crippen molar-refractivity contribution < 1.29 is 13.9 Å². The molecule has 4 rings (SSSR count). The van der Waals surface area contributed by atoms with Gasteiger partial charge < -0.3 is 9.64 Å². The summed E-state index contributed by atoms with van der Waals surface area (Å²) in [7, 11) is 1.68. The molecule has 1 atom stereocenters. The molecule has 0 bridgehead atoms. The molecule has 5 nitrogen and oxygen atoms in total. The summed E-state index contributed by atoms with van der Waals surface area (Å²) in [6, 6.07) is 5.72. The number of ether oxygens (including phenoxy) is 1. The zero-order chi connectivity index (χ0) is 17.4. The highest BCUT2D eigenvalue weighted by Gasteiger charge is 2.33. The SMILES string of the molecule is COC[C@@H]1CN(C(=O)c2ccc(F)cc2)Cc2cnn(CC3CC3)c21. The average molecular weight is 343 g/mol. The van der Waals surface area contributed by atoms with E-state index in [0.29, 0.717) is 25.3 Å². The first-order chi connectivity index (χ1) is 12.2. The number of hydrogen-bond donors (Lipinski definition) is 0. The molecule has 132 valence electrons. The molecule has 1 saturated carbocycles. The minimum atomic E-state index is -0.337. The van der Waals surface area contributed by atoms with Crippen LogP contribution in [0.3, 0.4) is 0 Å². The first-order valence-electron chi connectivity index (χ1n) is 8.74. The monoisotopic (exact) mass is 343 g/mol. The van der Waals surface area contributed by atoms with Gasteiger partial charge in [0.05, 0.1) is 18.5 Å². The van der Waals surface area contributed by atoms with Crippen LogP contribution in [0.2, 0.25) is 0 Å². The van der Waals surface area contributed by atoms with Gasteiger partial charge in [0.2, 0.25) is 0 Å². The summed E-state index contributed by atoms with van der Waals surface area (Å²) in [4.78, 5) is 14.6. The van der Waals surface area contributed by atoms with Crippen molar-refractivity contribution in [1.82, 2.24) is 14.7 Å². The van der Waals surface area contributed by atoms with Crippen molar-refractivity contribution in [3.8, 4) is 0 Å². The van der Waals surface area contributed by atoms with Gasteiger partial charge in [-0.3, -0.25) is 9.48 Å². The van der Waals surface area contributed by atoms with E-state index in [1.165, 1.54) is 42.8 Å². The number of nitrogens with zero attached hydrogens (tertiary/aromatic N) is 3. The van der Waals surface area contributed by atoms with Crippen molar-refractivity contribution in [3.63, 3.8) is 0 Å². The number of hydrogen-bond acceptors (Lipinski definition) is 3. The van der Waals surface area contributed by atoms with Crippen LogP contribution in [0.15, 0.2) is 30.5 Å². The van der Waals surface area contributed by atoms with E-state index in [9.17, 15) is 9.18 Å². The van der Waals surface area contributed by atoms with Gasteiger partial charge >= 0.3 is 0 Å². The second kappa shape index (κ2) is 6.59. The van der Waals surface area contributed by atoms with Gasteiger partial charge in [-0.15, -0.1) is 0 Å². The third-order valence-corrected chi connectivity index (χ3v) is 5.02. The lowest BCUT2D eigenvalue weighted by Crippen LogP contribution is -2.40. The molecule has 2 heterocycles. The molecule has 1 fully saturated rings. The quantitative estimate of drug-likeness (QED) is 0.839. The van der Waals surface area contributed by atoms with E-state index in [0.717, 1.165) is 18.0 Å². The van der Waals surface area contributed by atoms with Gasteiger partial charge in [-0.05, 0) is 43.0 Å². The van der Waals surface area contributed by atoms with Crippen molar-refractivity contribution in [2.24, 2.45) is 5.92 Å². The van der Waals surface area contributed by atoms with Gasteiger partial charge in [0, 0.05) is 43.8 Å². The molecule has 1 aromatic carbocycles. The number of amides is 1. The van der Waals surface area contributed by atoms with Crippen LogP contribution < -0.4 is 0 Å². The van der Waals surface area contributed by atoms with Crippen LogP contribution in [0.4, 0.5) is 4.39 Å². The molecular formula is C19H22FN3O2. The fourth-order valence-corrected chi connectivity index (χ4v) is 3.60. The lowest BCUT2D eigenvalue weighted by atomic mass is 9.96. The molecule has 0 radical (unpaired) electrons. The molecule has 2 aliphatic rings. The number of methoxy groups -OCH3 is 1. The van der Waals surface area contributed by atoms with Crippen molar-refractivity contribution in [2.75, 3.05) is 20.3 Å². The summed E-state index contributed by atoms with van der Waals surface area (Å²) in [6.45, 7) is 2.64. The molecule has 2 aromatic rings. The molecule has 1 aliphatic heterocycles. The zero-order valence-electron chi connectivity index (χ0n) is 14.3. The second-order valence-corrected chi connectivity index (χ2v) is 7.03. The van der Waals surface area contributed by atoms with Crippen LogP contribution in [-0.4, -0.2) is 40.8 Å². The fraction of sp³-hybridized carbons (Fsp3) is 0.474.